The largest absolute Gasteiger partial charge is 1.00 e. The normalized spacial score (nSPS) is 12.9. The molecule has 0 saturated carbocycles. The first-order chi connectivity index (χ1) is 7.46. The molecule has 96 valence electrons. The van der Waals surface area contributed by atoms with E-state index >= 15 is 0 Å². The molecule has 1 rings (SSSR count). The van der Waals surface area contributed by atoms with E-state index in [1.165, 1.54) is 12.1 Å². The summed E-state index contributed by atoms with van der Waals surface area (Å²) < 4.78 is 54.5. The zero-order valence-electron chi connectivity index (χ0n) is 8.80. The third-order valence-corrected chi connectivity index (χ3v) is 7.86. The fourth-order valence-electron chi connectivity index (χ4n) is 0.931. The van der Waals surface area contributed by atoms with Crippen molar-refractivity contribution in [3.8, 4) is 0 Å². The quantitative estimate of drug-likeness (QED) is 0.304. The first-order valence-electron chi connectivity index (χ1n) is 3.83. The van der Waals surface area contributed by atoms with E-state index in [0.29, 0.717) is 0 Å². The van der Waals surface area contributed by atoms with Gasteiger partial charge >= 0.3 is 29.6 Å². The third-order valence-electron chi connectivity index (χ3n) is 1.71. The number of hydrogen-bond acceptors (Lipinski definition) is 5. The van der Waals surface area contributed by atoms with E-state index in [1.807, 2.05) is 0 Å². The predicted molar refractivity (Wildman–Crippen MR) is 71.1 cm³/mol. The van der Waals surface area contributed by atoms with Gasteiger partial charge in [0.2, 0.25) is 11.3 Å². The number of rotatable bonds is 2. The van der Waals surface area contributed by atoms with Crippen molar-refractivity contribution in [2.75, 3.05) is 0 Å². The fourth-order valence-corrected chi connectivity index (χ4v) is 4.01. The van der Waals surface area contributed by atoms with Crippen LogP contribution in [0.5, 0.6) is 0 Å². The van der Waals surface area contributed by atoms with Crippen LogP contribution in [0.1, 0.15) is 0 Å². The van der Waals surface area contributed by atoms with Crippen molar-refractivity contribution < 1.29 is 50.9 Å². The van der Waals surface area contributed by atoms with Gasteiger partial charge in [0.1, 0.15) is 10.1 Å². The standard InChI is InChI=1S/C7H5Br3O5S2.Na/c8-7(9,10)16(11,12)5-2-1-3-6(4-5)17(13,14)15;/h1-4H,(H,13,14,15);/q;+1/p-1. The summed E-state index contributed by atoms with van der Waals surface area (Å²) >= 11 is 8.49. The Morgan fingerprint density at radius 3 is 1.83 bits per heavy atom. The Bertz CT molecular complexity index is 635. The van der Waals surface area contributed by atoms with Gasteiger partial charge in [0, 0.05) is 0 Å². The molecule has 5 nitrogen and oxygen atoms in total. The maximum absolute atomic E-state index is 11.9. The third kappa shape index (κ3) is 4.52. The molecule has 0 heterocycles. The number of alkyl halides is 3. The van der Waals surface area contributed by atoms with Crippen LogP contribution in [0.2, 0.25) is 0 Å². The van der Waals surface area contributed by atoms with E-state index in [9.17, 15) is 21.4 Å². The molecule has 18 heavy (non-hydrogen) atoms. The van der Waals surface area contributed by atoms with Gasteiger partial charge in [0.05, 0.1) is 9.79 Å². The van der Waals surface area contributed by atoms with Gasteiger partial charge in [-0.3, -0.25) is 0 Å². The second-order valence-electron chi connectivity index (χ2n) is 2.88. The average molecular weight is 495 g/mol. The monoisotopic (exact) mass is 492 g/mol. The van der Waals surface area contributed by atoms with Crippen LogP contribution >= 0.6 is 47.8 Å². The molecule has 0 aliphatic rings. The van der Waals surface area contributed by atoms with Gasteiger partial charge in [0.25, 0.3) is 0 Å². The summed E-state index contributed by atoms with van der Waals surface area (Å²) in [4.78, 5) is -0.907. The first kappa shape index (κ1) is 19.5. The molecule has 0 aliphatic carbocycles. The van der Waals surface area contributed by atoms with Crippen LogP contribution < -0.4 is 29.6 Å². The molecule has 0 bridgehead atoms. The second-order valence-corrected chi connectivity index (χ2v) is 14.7. The summed E-state index contributed by atoms with van der Waals surface area (Å²) in [7, 11) is -8.60. The van der Waals surface area contributed by atoms with Gasteiger partial charge in [-0.1, -0.05) is 6.07 Å². The topological polar surface area (TPSA) is 91.3 Å². The second kappa shape index (κ2) is 6.52. The molecule has 0 aliphatic heterocycles. The molecule has 11 heteroatoms. The van der Waals surface area contributed by atoms with Gasteiger partial charge in [-0.2, -0.15) is 0 Å². The van der Waals surface area contributed by atoms with Gasteiger partial charge in [0.15, 0.2) is 0 Å². The van der Waals surface area contributed by atoms with E-state index in [1.54, 1.807) is 0 Å². The molecule has 0 amide bonds. The first-order valence-corrected chi connectivity index (χ1v) is 9.10. The van der Waals surface area contributed by atoms with Crippen LogP contribution in [-0.2, 0) is 20.0 Å². The molecule has 0 unspecified atom stereocenters. The minimum atomic E-state index is -4.69. The van der Waals surface area contributed by atoms with E-state index in [4.69, 9.17) is 0 Å². The van der Waals surface area contributed by atoms with Crippen molar-refractivity contribution >= 4 is 67.7 Å². The Morgan fingerprint density at radius 1 is 1.00 bits per heavy atom. The molecule has 0 radical (unpaired) electrons. The van der Waals surface area contributed by atoms with Crippen LogP contribution in [-0.4, -0.2) is 22.9 Å². The Hall–Kier alpha value is 1.52. The van der Waals surface area contributed by atoms with Crippen LogP contribution in [0.4, 0.5) is 0 Å². The molecule has 0 atom stereocenters. The zero-order valence-corrected chi connectivity index (χ0v) is 17.2. The molecule has 0 saturated heterocycles. The minimum Gasteiger partial charge on any atom is -0.744 e. The summed E-state index contributed by atoms with van der Waals surface area (Å²) in [6.45, 7) is 0. The molecule has 0 spiro atoms. The van der Waals surface area contributed by atoms with Crippen molar-refractivity contribution in [2.45, 2.75) is 11.3 Å². The Kier molecular flexibility index (Phi) is 7.07. The van der Waals surface area contributed by atoms with E-state index in [0.717, 1.165) is 12.1 Å². The molecule has 0 fully saturated rings. The number of benzene rings is 1. The summed E-state index contributed by atoms with van der Waals surface area (Å²) in [5, 5.41) is 0. The summed E-state index contributed by atoms with van der Waals surface area (Å²) in [5.41, 5.74) is 0. The Balaban J connectivity index is 0.00000289. The van der Waals surface area contributed by atoms with Crippen molar-refractivity contribution in [3.63, 3.8) is 0 Å². The van der Waals surface area contributed by atoms with Crippen LogP contribution in [0.3, 0.4) is 0 Å². The minimum absolute atomic E-state index is 0. The van der Waals surface area contributed by atoms with E-state index in [2.05, 4.69) is 47.8 Å². The molecular formula is C7H4Br3NaO5S2. The van der Waals surface area contributed by atoms with Crippen LogP contribution in [0, 0.1) is 0 Å². The van der Waals surface area contributed by atoms with Crippen LogP contribution in [0.25, 0.3) is 0 Å². The van der Waals surface area contributed by atoms with Gasteiger partial charge in [-0.05, 0) is 66.0 Å². The Morgan fingerprint density at radius 2 is 1.44 bits per heavy atom. The number of sulfone groups is 1. The molecular weight excluding hydrogens is 491 g/mol. The summed E-state index contributed by atoms with van der Waals surface area (Å²) in [6.07, 6.45) is 0. The smallest absolute Gasteiger partial charge is 0.744 e. The van der Waals surface area contributed by atoms with E-state index in [-0.39, 0.29) is 34.5 Å². The van der Waals surface area contributed by atoms with Crippen LogP contribution in [0.15, 0.2) is 34.1 Å². The van der Waals surface area contributed by atoms with Crippen molar-refractivity contribution in [1.82, 2.24) is 0 Å². The maximum atomic E-state index is 11.9. The van der Waals surface area contributed by atoms with Crippen molar-refractivity contribution in [3.05, 3.63) is 24.3 Å². The van der Waals surface area contributed by atoms with E-state index < -0.39 is 26.3 Å². The Labute approximate surface area is 152 Å². The molecule has 1 aromatic rings. The summed E-state index contributed by atoms with van der Waals surface area (Å²) in [6, 6.07) is 4.19. The number of hydrogen-bond donors (Lipinski definition) is 0. The molecule has 0 N–H and O–H groups in total. The zero-order chi connectivity index (χ0) is 13.5. The fraction of sp³-hybridized carbons (Fsp3) is 0.143. The predicted octanol–water partition coefficient (Wildman–Crippen LogP) is -0.836. The van der Waals surface area contributed by atoms with Gasteiger partial charge in [-0.25, -0.2) is 16.8 Å². The van der Waals surface area contributed by atoms with Gasteiger partial charge < -0.3 is 4.55 Å². The molecule has 1 aromatic carbocycles. The van der Waals surface area contributed by atoms with Crippen molar-refractivity contribution in [2.24, 2.45) is 0 Å². The molecule has 0 aromatic heterocycles. The summed E-state index contributed by atoms with van der Waals surface area (Å²) in [5.74, 6) is 0. The number of halogens is 3. The SMILES string of the molecule is O=S(=O)([O-])c1cccc(S(=O)(=O)C(Br)(Br)Br)c1.[Na+]. The average Bonchev–Trinajstić information content (AvgIpc) is 2.15. The van der Waals surface area contributed by atoms with Gasteiger partial charge in [-0.15, -0.1) is 0 Å². The maximum Gasteiger partial charge on any atom is 1.00 e. The van der Waals surface area contributed by atoms with Crippen molar-refractivity contribution in [1.29, 1.82) is 0 Å².